The molecule has 5 nitrogen and oxygen atoms in total. The van der Waals surface area contributed by atoms with E-state index in [9.17, 15) is 4.79 Å². The average Bonchev–Trinajstić information content (AvgIpc) is 2.33. The maximum Gasteiger partial charge on any atom is 0.321 e. The molecule has 1 aromatic rings. The molecule has 1 aromatic carbocycles. The van der Waals surface area contributed by atoms with E-state index in [0.29, 0.717) is 25.4 Å². The van der Waals surface area contributed by atoms with Crippen molar-refractivity contribution < 1.29 is 4.79 Å². The van der Waals surface area contributed by atoms with E-state index in [1.807, 2.05) is 31.2 Å². The van der Waals surface area contributed by atoms with E-state index in [0.717, 1.165) is 11.3 Å². The lowest BCUT2D eigenvalue weighted by atomic mass is 10.2. The Hall–Kier alpha value is -2.04. The summed E-state index contributed by atoms with van der Waals surface area (Å²) in [6.45, 7) is 7.20. The molecule has 0 spiro atoms. The molecule has 0 heterocycles. The van der Waals surface area contributed by atoms with Crippen LogP contribution in [-0.4, -0.2) is 29.9 Å². The van der Waals surface area contributed by atoms with Crippen molar-refractivity contribution in [2.24, 2.45) is 11.7 Å². The Labute approximate surface area is 120 Å². The molecule has 0 fully saturated rings. The first-order valence-electron chi connectivity index (χ1n) is 6.84. The monoisotopic (exact) mass is 276 g/mol. The van der Waals surface area contributed by atoms with Gasteiger partial charge in [0.1, 0.15) is 0 Å². The maximum absolute atomic E-state index is 12.3. The molecule has 0 aliphatic carbocycles. The zero-order valence-electron chi connectivity index (χ0n) is 12.4. The van der Waals surface area contributed by atoms with Crippen molar-refractivity contribution in [1.29, 1.82) is 5.41 Å². The third-order valence-corrected chi connectivity index (χ3v) is 2.79. The van der Waals surface area contributed by atoms with Gasteiger partial charge in [0.05, 0.1) is 5.84 Å². The Morgan fingerprint density at radius 2 is 2.15 bits per heavy atom. The van der Waals surface area contributed by atoms with E-state index in [1.165, 1.54) is 0 Å². The average molecular weight is 276 g/mol. The highest BCUT2D eigenvalue weighted by Crippen LogP contribution is 2.11. The van der Waals surface area contributed by atoms with Crippen molar-refractivity contribution >= 4 is 17.6 Å². The number of amidine groups is 1. The van der Waals surface area contributed by atoms with Gasteiger partial charge in [-0.25, -0.2) is 4.79 Å². The number of anilines is 1. The number of hydrogen-bond acceptors (Lipinski definition) is 2. The second-order valence-corrected chi connectivity index (χ2v) is 5.41. The summed E-state index contributed by atoms with van der Waals surface area (Å²) < 4.78 is 0. The lowest BCUT2D eigenvalue weighted by Crippen LogP contribution is -2.39. The minimum absolute atomic E-state index is 0.0992. The summed E-state index contributed by atoms with van der Waals surface area (Å²) >= 11 is 0. The van der Waals surface area contributed by atoms with Crippen molar-refractivity contribution in [1.82, 2.24) is 4.90 Å². The molecule has 0 radical (unpaired) electrons. The van der Waals surface area contributed by atoms with E-state index < -0.39 is 0 Å². The van der Waals surface area contributed by atoms with Crippen molar-refractivity contribution in [3.05, 3.63) is 29.8 Å². The zero-order valence-corrected chi connectivity index (χ0v) is 12.4. The second kappa shape index (κ2) is 7.53. The predicted molar refractivity (Wildman–Crippen MR) is 83.1 cm³/mol. The summed E-state index contributed by atoms with van der Waals surface area (Å²) in [4.78, 5) is 14.0. The van der Waals surface area contributed by atoms with Crippen LogP contribution in [0.2, 0.25) is 0 Å². The Bertz CT molecular complexity index is 471. The number of nitrogens with one attached hydrogen (secondary N) is 2. The van der Waals surface area contributed by atoms with Gasteiger partial charge in [0.2, 0.25) is 0 Å². The molecule has 0 aliphatic heterocycles. The van der Waals surface area contributed by atoms with Crippen LogP contribution in [0, 0.1) is 18.3 Å². The van der Waals surface area contributed by atoms with Gasteiger partial charge >= 0.3 is 6.03 Å². The van der Waals surface area contributed by atoms with E-state index in [-0.39, 0.29) is 11.9 Å². The van der Waals surface area contributed by atoms with Gasteiger partial charge in [-0.05, 0) is 30.5 Å². The number of amides is 2. The summed E-state index contributed by atoms with van der Waals surface area (Å²) in [5.41, 5.74) is 7.25. The highest BCUT2D eigenvalue weighted by Gasteiger charge is 2.15. The fourth-order valence-corrected chi connectivity index (χ4v) is 1.90. The zero-order chi connectivity index (χ0) is 15.1. The fraction of sp³-hybridized carbons (Fsp3) is 0.467. The van der Waals surface area contributed by atoms with Gasteiger partial charge in [-0.3, -0.25) is 5.41 Å². The predicted octanol–water partition coefficient (Wildman–Crippen LogP) is 2.81. The normalized spacial score (nSPS) is 10.4. The molecule has 4 N–H and O–H groups in total. The van der Waals surface area contributed by atoms with Crippen LogP contribution < -0.4 is 11.1 Å². The number of hydrogen-bond donors (Lipinski definition) is 3. The molecule has 0 aliphatic rings. The summed E-state index contributed by atoms with van der Waals surface area (Å²) in [6.07, 6.45) is 0.397. The molecule has 0 atom stereocenters. The van der Waals surface area contributed by atoms with Crippen molar-refractivity contribution in [3.63, 3.8) is 0 Å². The molecule has 0 bridgehead atoms. The summed E-state index contributed by atoms with van der Waals surface area (Å²) in [7, 11) is 0. The minimum atomic E-state index is -0.148. The van der Waals surface area contributed by atoms with Gasteiger partial charge in [-0.1, -0.05) is 26.0 Å². The summed E-state index contributed by atoms with van der Waals surface area (Å²) in [5, 5.41) is 10.2. The molecule has 1 rings (SSSR count). The highest BCUT2D eigenvalue weighted by atomic mass is 16.2. The van der Waals surface area contributed by atoms with Gasteiger partial charge in [0, 0.05) is 25.2 Å². The SMILES string of the molecule is Cc1cccc(NC(=O)N(CCC(=N)N)CC(C)C)c1. The minimum Gasteiger partial charge on any atom is -0.388 e. The first-order chi connectivity index (χ1) is 9.38. The van der Waals surface area contributed by atoms with E-state index >= 15 is 0 Å². The molecule has 5 heteroatoms. The quantitative estimate of drug-likeness (QED) is 0.551. The Morgan fingerprint density at radius 1 is 1.45 bits per heavy atom. The van der Waals surface area contributed by atoms with E-state index in [2.05, 4.69) is 19.2 Å². The number of urea groups is 1. The number of benzene rings is 1. The molecule has 0 aromatic heterocycles. The topological polar surface area (TPSA) is 82.2 Å². The number of nitrogens with two attached hydrogens (primary N) is 1. The van der Waals surface area contributed by atoms with E-state index in [1.54, 1.807) is 4.90 Å². The Balaban J connectivity index is 2.69. The number of rotatable bonds is 6. The molecular weight excluding hydrogens is 252 g/mol. The smallest absolute Gasteiger partial charge is 0.321 e. The lowest BCUT2D eigenvalue weighted by molar-refractivity contribution is 0.206. The molecule has 0 unspecified atom stereocenters. The van der Waals surface area contributed by atoms with Crippen molar-refractivity contribution in [3.8, 4) is 0 Å². The third kappa shape index (κ3) is 5.73. The highest BCUT2D eigenvalue weighted by molar-refractivity contribution is 5.89. The van der Waals surface area contributed by atoms with Gasteiger partial charge in [0.15, 0.2) is 0 Å². The van der Waals surface area contributed by atoms with Crippen LogP contribution in [0.1, 0.15) is 25.8 Å². The van der Waals surface area contributed by atoms with Crippen molar-refractivity contribution in [2.45, 2.75) is 27.2 Å². The molecule has 20 heavy (non-hydrogen) atoms. The van der Waals surface area contributed by atoms with Gasteiger partial charge in [-0.2, -0.15) is 0 Å². The molecule has 110 valence electrons. The van der Waals surface area contributed by atoms with Crippen LogP contribution >= 0.6 is 0 Å². The number of carbonyl (C=O) groups excluding carboxylic acids is 1. The molecule has 0 saturated heterocycles. The van der Waals surface area contributed by atoms with Crippen LogP contribution in [0.5, 0.6) is 0 Å². The summed E-state index contributed by atoms with van der Waals surface area (Å²) in [6, 6.07) is 7.54. The van der Waals surface area contributed by atoms with Gasteiger partial charge in [0.25, 0.3) is 0 Å². The standard InChI is InChI=1S/C15H24N4O/c1-11(2)10-19(8-7-14(16)17)15(20)18-13-6-4-5-12(3)9-13/h4-6,9,11H,7-8,10H2,1-3H3,(H3,16,17)(H,18,20). The first kappa shape index (κ1) is 16.0. The Kier molecular flexibility index (Phi) is 6.03. The van der Waals surface area contributed by atoms with Crippen LogP contribution in [0.25, 0.3) is 0 Å². The largest absolute Gasteiger partial charge is 0.388 e. The number of aryl methyl sites for hydroxylation is 1. The summed E-state index contributed by atoms with van der Waals surface area (Å²) in [5.74, 6) is 0.465. The van der Waals surface area contributed by atoms with Crippen LogP contribution in [0.3, 0.4) is 0 Å². The number of nitrogens with zero attached hydrogens (tertiary/aromatic N) is 1. The third-order valence-electron chi connectivity index (χ3n) is 2.79. The fourth-order valence-electron chi connectivity index (χ4n) is 1.90. The number of carbonyl (C=O) groups is 1. The van der Waals surface area contributed by atoms with Crippen LogP contribution in [-0.2, 0) is 0 Å². The van der Waals surface area contributed by atoms with Gasteiger partial charge in [-0.15, -0.1) is 0 Å². The lowest BCUT2D eigenvalue weighted by Gasteiger charge is -2.24. The van der Waals surface area contributed by atoms with Crippen LogP contribution in [0.15, 0.2) is 24.3 Å². The van der Waals surface area contributed by atoms with E-state index in [4.69, 9.17) is 11.1 Å². The van der Waals surface area contributed by atoms with Gasteiger partial charge < -0.3 is 16.0 Å². The molecule has 2 amide bonds. The second-order valence-electron chi connectivity index (χ2n) is 5.41. The molecule has 0 saturated carbocycles. The molecular formula is C15H24N4O. The first-order valence-corrected chi connectivity index (χ1v) is 6.84. The van der Waals surface area contributed by atoms with Crippen molar-refractivity contribution in [2.75, 3.05) is 18.4 Å². The van der Waals surface area contributed by atoms with Crippen LogP contribution in [0.4, 0.5) is 10.5 Å². The Morgan fingerprint density at radius 3 is 2.70 bits per heavy atom. The maximum atomic E-state index is 12.3.